The lowest BCUT2D eigenvalue weighted by Gasteiger charge is -2.28. The molecule has 0 radical (unpaired) electrons. The molecule has 0 fully saturated rings. The topological polar surface area (TPSA) is 12.5 Å². The minimum Gasteiger partial charge on any atom is -0.496 e. The van der Waals surface area contributed by atoms with Gasteiger partial charge in [-0.05, 0) is 32.0 Å². The summed E-state index contributed by atoms with van der Waals surface area (Å²) in [5.41, 5.74) is 0.993. The molecule has 2 unspecified atom stereocenters. The number of halogens is 4. The average Bonchev–Trinajstić information content (AvgIpc) is 2.38. The lowest BCUT2D eigenvalue weighted by Crippen LogP contribution is -2.40. The van der Waals surface area contributed by atoms with Crippen LogP contribution in [0.4, 0.5) is 13.2 Å². The maximum absolute atomic E-state index is 12.5. The summed E-state index contributed by atoms with van der Waals surface area (Å²) in [7, 11) is 3.28. The minimum atomic E-state index is -4.22. The van der Waals surface area contributed by atoms with Gasteiger partial charge in [0, 0.05) is 12.6 Å². The minimum absolute atomic E-state index is 0.0197. The zero-order chi connectivity index (χ0) is 15.3. The van der Waals surface area contributed by atoms with E-state index < -0.39 is 11.0 Å². The maximum atomic E-state index is 12.5. The van der Waals surface area contributed by atoms with Gasteiger partial charge in [-0.3, -0.25) is 0 Å². The van der Waals surface area contributed by atoms with Crippen molar-refractivity contribution in [3.63, 3.8) is 0 Å². The van der Waals surface area contributed by atoms with Crippen molar-refractivity contribution in [2.24, 2.45) is 0 Å². The van der Waals surface area contributed by atoms with Gasteiger partial charge in [0.15, 0.2) is 0 Å². The summed E-state index contributed by atoms with van der Waals surface area (Å²) in [6.07, 6.45) is -3.59. The Bertz CT molecular complexity index is 425. The smallest absolute Gasteiger partial charge is 0.402 e. The fraction of sp³-hybridized carbons (Fsp3) is 0.571. The number of hydrogen-bond donors (Lipinski definition) is 0. The number of ether oxygens (including phenoxy) is 1. The van der Waals surface area contributed by atoms with Crippen LogP contribution in [0.25, 0.3) is 0 Å². The second-order valence-electron chi connectivity index (χ2n) is 4.81. The van der Waals surface area contributed by atoms with Crippen LogP contribution in [0.15, 0.2) is 24.3 Å². The number of para-hydroxylation sites is 1. The van der Waals surface area contributed by atoms with Crippen molar-refractivity contribution in [1.29, 1.82) is 0 Å². The van der Waals surface area contributed by atoms with Crippen LogP contribution in [0.1, 0.15) is 12.5 Å². The predicted molar refractivity (Wildman–Crippen MR) is 77.6 cm³/mol. The molecule has 0 aliphatic rings. The van der Waals surface area contributed by atoms with Gasteiger partial charge in [-0.15, -0.1) is 0 Å². The molecule has 0 saturated heterocycles. The summed E-state index contributed by atoms with van der Waals surface area (Å²) in [6, 6.07) is 7.53. The molecule has 0 spiro atoms. The van der Waals surface area contributed by atoms with Crippen molar-refractivity contribution in [1.82, 2.24) is 4.90 Å². The zero-order valence-electron chi connectivity index (χ0n) is 11.7. The van der Waals surface area contributed by atoms with E-state index in [2.05, 4.69) is 15.9 Å². The average molecular weight is 354 g/mol. The normalized spacial score (nSPS) is 15.2. The van der Waals surface area contributed by atoms with Gasteiger partial charge in [0.1, 0.15) is 10.6 Å². The molecular formula is C14H19BrF3NO. The van der Waals surface area contributed by atoms with E-state index in [1.54, 1.807) is 19.1 Å². The van der Waals surface area contributed by atoms with Gasteiger partial charge >= 0.3 is 6.18 Å². The molecular weight excluding hydrogens is 335 g/mol. The SMILES string of the molecule is COc1ccccc1CC(C)N(C)CC(Br)C(F)(F)F. The van der Waals surface area contributed by atoms with E-state index in [-0.39, 0.29) is 12.6 Å². The largest absolute Gasteiger partial charge is 0.496 e. The third-order valence-electron chi connectivity index (χ3n) is 3.26. The summed E-state index contributed by atoms with van der Waals surface area (Å²) >= 11 is 2.69. The van der Waals surface area contributed by atoms with Crippen molar-refractivity contribution in [2.45, 2.75) is 30.4 Å². The third kappa shape index (κ3) is 4.98. The molecule has 2 nitrogen and oxygen atoms in total. The van der Waals surface area contributed by atoms with Gasteiger partial charge in [-0.2, -0.15) is 13.2 Å². The van der Waals surface area contributed by atoms with E-state index in [9.17, 15) is 13.2 Å². The molecule has 20 heavy (non-hydrogen) atoms. The van der Waals surface area contributed by atoms with Gasteiger partial charge in [0.25, 0.3) is 0 Å². The second-order valence-corrected chi connectivity index (χ2v) is 5.92. The van der Waals surface area contributed by atoms with Crippen LogP contribution in [0, 0.1) is 0 Å². The highest BCUT2D eigenvalue weighted by molar-refractivity contribution is 9.09. The lowest BCUT2D eigenvalue weighted by molar-refractivity contribution is -0.130. The Morgan fingerprint density at radius 1 is 1.30 bits per heavy atom. The van der Waals surface area contributed by atoms with E-state index in [1.807, 2.05) is 31.2 Å². The molecule has 1 rings (SSSR count). The molecule has 1 aromatic carbocycles. The summed E-state index contributed by atoms with van der Waals surface area (Å²) in [5.74, 6) is 0.763. The van der Waals surface area contributed by atoms with Gasteiger partial charge < -0.3 is 9.64 Å². The molecule has 0 bridgehead atoms. The van der Waals surface area contributed by atoms with Gasteiger partial charge in [-0.25, -0.2) is 0 Å². The van der Waals surface area contributed by atoms with E-state index in [1.165, 1.54) is 0 Å². The Morgan fingerprint density at radius 2 is 1.90 bits per heavy atom. The summed E-state index contributed by atoms with van der Waals surface area (Å²) in [4.78, 5) is 0.180. The van der Waals surface area contributed by atoms with Crippen LogP contribution in [-0.2, 0) is 6.42 Å². The van der Waals surface area contributed by atoms with Crippen molar-refractivity contribution in [3.05, 3.63) is 29.8 Å². The first-order chi connectivity index (χ1) is 9.25. The maximum Gasteiger partial charge on any atom is 0.402 e. The molecule has 0 aliphatic carbocycles. The molecule has 0 aliphatic heterocycles. The number of methoxy groups -OCH3 is 1. The highest BCUT2D eigenvalue weighted by Gasteiger charge is 2.38. The quantitative estimate of drug-likeness (QED) is 0.719. The van der Waals surface area contributed by atoms with Crippen molar-refractivity contribution < 1.29 is 17.9 Å². The Morgan fingerprint density at radius 3 is 2.45 bits per heavy atom. The Hall–Kier alpha value is -0.750. The highest BCUT2D eigenvalue weighted by Crippen LogP contribution is 2.27. The van der Waals surface area contributed by atoms with E-state index >= 15 is 0 Å². The molecule has 0 saturated carbocycles. The zero-order valence-corrected chi connectivity index (χ0v) is 13.3. The fourth-order valence-electron chi connectivity index (χ4n) is 1.88. The first-order valence-corrected chi connectivity index (χ1v) is 7.20. The van der Waals surface area contributed by atoms with Crippen LogP contribution >= 0.6 is 15.9 Å². The van der Waals surface area contributed by atoms with Gasteiger partial charge in [-0.1, -0.05) is 34.1 Å². The van der Waals surface area contributed by atoms with Crippen LogP contribution in [0.3, 0.4) is 0 Å². The van der Waals surface area contributed by atoms with Crippen LogP contribution in [0.2, 0.25) is 0 Å². The standard InChI is InChI=1S/C14H19BrF3NO/c1-10(19(2)9-13(15)14(16,17)18)8-11-6-4-5-7-12(11)20-3/h4-7,10,13H,8-9H2,1-3H3. The monoisotopic (exact) mass is 353 g/mol. The molecule has 2 atom stereocenters. The molecule has 6 heteroatoms. The Labute approximate surface area is 126 Å². The lowest BCUT2D eigenvalue weighted by atomic mass is 10.0. The van der Waals surface area contributed by atoms with Gasteiger partial charge in [0.05, 0.1) is 7.11 Å². The van der Waals surface area contributed by atoms with Gasteiger partial charge in [0.2, 0.25) is 0 Å². The fourth-order valence-corrected chi connectivity index (χ4v) is 2.34. The molecule has 114 valence electrons. The number of benzene rings is 1. The Kier molecular flexibility index (Phi) is 6.33. The summed E-state index contributed by atoms with van der Waals surface area (Å²) in [5, 5.41) is 0. The summed E-state index contributed by atoms with van der Waals surface area (Å²) in [6.45, 7) is 1.82. The first-order valence-electron chi connectivity index (χ1n) is 6.28. The van der Waals surface area contributed by atoms with Crippen LogP contribution < -0.4 is 4.74 Å². The van der Waals surface area contributed by atoms with Crippen LogP contribution in [0.5, 0.6) is 5.75 Å². The van der Waals surface area contributed by atoms with E-state index in [0.717, 1.165) is 11.3 Å². The third-order valence-corrected chi connectivity index (χ3v) is 4.07. The summed E-state index contributed by atoms with van der Waals surface area (Å²) < 4.78 is 42.8. The molecule has 1 aromatic rings. The number of hydrogen-bond acceptors (Lipinski definition) is 2. The number of alkyl halides is 4. The van der Waals surface area contributed by atoms with E-state index in [4.69, 9.17) is 4.74 Å². The highest BCUT2D eigenvalue weighted by atomic mass is 79.9. The van der Waals surface area contributed by atoms with Crippen molar-refractivity contribution >= 4 is 15.9 Å². The number of likely N-dealkylation sites (N-methyl/N-ethyl adjacent to an activating group) is 1. The van der Waals surface area contributed by atoms with E-state index in [0.29, 0.717) is 6.42 Å². The van der Waals surface area contributed by atoms with Crippen molar-refractivity contribution in [3.8, 4) is 5.75 Å². The van der Waals surface area contributed by atoms with Crippen LogP contribution in [-0.4, -0.2) is 42.6 Å². The molecule has 0 heterocycles. The predicted octanol–water partition coefficient (Wildman–Crippen LogP) is 3.88. The second kappa shape index (κ2) is 7.31. The number of nitrogens with zero attached hydrogens (tertiary/aromatic N) is 1. The molecule has 0 N–H and O–H groups in total. The molecule has 0 aromatic heterocycles. The van der Waals surface area contributed by atoms with Crippen molar-refractivity contribution in [2.75, 3.05) is 20.7 Å². The molecule has 0 amide bonds. The first kappa shape index (κ1) is 17.3. The Balaban J connectivity index is 2.64. The number of rotatable bonds is 6.